The molecule has 0 saturated heterocycles. The summed E-state index contributed by atoms with van der Waals surface area (Å²) >= 11 is 0. The van der Waals surface area contributed by atoms with Crippen LogP contribution < -0.4 is 5.32 Å². The quantitative estimate of drug-likeness (QED) is 0.439. The summed E-state index contributed by atoms with van der Waals surface area (Å²) in [4.78, 5) is 25.1. The summed E-state index contributed by atoms with van der Waals surface area (Å²) in [6.07, 6.45) is 10.1. The number of nitrogens with one attached hydrogen (secondary N) is 1. The van der Waals surface area contributed by atoms with Gasteiger partial charge in [-0.25, -0.2) is 0 Å². The molecule has 0 radical (unpaired) electrons. The van der Waals surface area contributed by atoms with Gasteiger partial charge in [0.2, 0.25) is 11.7 Å². The van der Waals surface area contributed by atoms with Gasteiger partial charge >= 0.3 is 0 Å². The number of Topliss-reactive ketones (excluding diaryl/α,β-unsaturated/α-hetero) is 1. The number of ether oxygens (including phenoxy) is 2. The lowest BCUT2D eigenvalue weighted by molar-refractivity contribution is -0.120. The van der Waals surface area contributed by atoms with Crippen LogP contribution in [0.1, 0.15) is 92.8 Å². The number of hydrogen-bond donors (Lipinski definition) is 1. The number of rotatable bonds is 14. The van der Waals surface area contributed by atoms with Crippen LogP contribution in [0.3, 0.4) is 0 Å². The van der Waals surface area contributed by atoms with Crippen LogP contribution >= 0.6 is 0 Å². The van der Waals surface area contributed by atoms with Crippen molar-refractivity contribution in [2.75, 3.05) is 14.2 Å². The van der Waals surface area contributed by atoms with Gasteiger partial charge in [0.15, 0.2) is 0 Å². The minimum atomic E-state index is -0.0912. The zero-order chi connectivity index (χ0) is 22.8. The van der Waals surface area contributed by atoms with Crippen LogP contribution in [0.4, 0.5) is 0 Å². The summed E-state index contributed by atoms with van der Waals surface area (Å²) in [5, 5.41) is 2.82. The summed E-state index contributed by atoms with van der Waals surface area (Å²) in [5.41, 5.74) is 4.43. The first kappa shape index (κ1) is 25.3. The molecule has 31 heavy (non-hydrogen) atoms. The predicted molar refractivity (Wildman–Crippen MR) is 125 cm³/mol. The number of fused-ring (bicyclic) bond motifs is 1. The summed E-state index contributed by atoms with van der Waals surface area (Å²) < 4.78 is 11.1. The van der Waals surface area contributed by atoms with Crippen molar-refractivity contribution in [3.8, 4) is 0 Å². The summed E-state index contributed by atoms with van der Waals surface area (Å²) in [6.45, 7) is 6.31. The van der Waals surface area contributed by atoms with Gasteiger partial charge in [0.25, 0.3) is 0 Å². The predicted octanol–water partition coefficient (Wildman–Crippen LogP) is 5.25. The highest BCUT2D eigenvalue weighted by Crippen LogP contribution is 2.29. The lowest BCUT2D eigenvalue weighted by Gasteiger charge is -2.18. The van der Waals surface area contributed by atoms with Crippen molar-refractivity contribution in [3.63, 3.8) is 0 Å². The first-order chi connectivity index (χ1) is 15.0. The largest absolute Gasteiger partial charge is 0.381 e. The van der Waals surface area contributed by atoms with E-state index < -0.39 is 0 Å². The number of benzene rings is 1. The van der Waals surface area contributed by atoms with E-state index in [0.29, 0.717) is 17.7 Å². The van der Waals surface area contributed by atoms with Crippen LogP contribution in [0.2, 0.25) is 0 Å². The number of hydrogen-bond acceptors (Lipinski definition) is 4. The summed E-state index contributed by atoms with van der Waals surface area (Å²) in [7, 11) is 3.51. The van der Waals surface area contributed by atoms with Gasteiger partial charge in [-0.05, 0) is 73.8 Å². The highest BCUT2D eigenvalue weighted by atomic mass is 16.5. The summed E-state index contributed by atoms with van der Waals surface area (Å²) in [5.74, 6) is -0.179. The Hall–Kier alpha value is -1.98. The number of unbranched alkanes of at least 4 members (excludes halogenated alkanes) is 1. The topological polar surface area (TPSA) is 64.6 Å². The number of ketones is 1. The fourth-order valence-corrected chi connectivity index (χ4v) is 4.11. The van der Waals surface area contributed by atoms with Crippen LogP contribution in [0.25, 0.3) is 6.08 Å². The molecule has 2 unspecified atom stereocenters. The zero-order valence-corrected chi connectivity index (χ0v) is 19.9. The zero-order valence-electron chi connectivity index (χ0n) is 19.9. The molecule has 0 saturated carbocycles. The molecule has 2 rings (SSSR count). The molecule has 0 heterocycles. The number of aryl methyl sites for hydroxylation is 2. The Bertz CT molecular complexity index is 776. The van der Waals surface area contributed by atoms with E-state index in [1.54, 1.807) is 14.2 Å². The molecule has 1 amide bonds. The van der Waals surface area contributed by atoms with E-state index in [1.807, 2.05) is 19.1 Å². The Kier molecular flexibility index (Phi) is 10.4. The number of carbonyl (C=O) groups excluding carboxylic acids is 2. The third kappa shape index (κ3) is 7.01. The van der Waals surface area contributed by atoms with Gasteiger partial charge in [-0.1, -0.05) is 33.3 Å². The van der Waals surface area contributed by atoms with E-state index in [4.69, 9.17) is 9.47 Å². The van der Waals surface area contributed by atoms with Crippen LogP contribution in [-0.2, 0) is 27.1 Å². The Labute approximate surface area is 187 Å². The maximum atomic E-state index is 13.0. The van der Waals surface area contributed by atoms with E-state index >= 15 is 0 Å². The van der Waals surface area contributed by atoms with Crippen LogP contribution in [0.15, 0.2) is 17.8 Å². The van der Waals surface area contributed by atoms with Crippen LogP contribution in [0, 0.1) is 0 Å². The second-order valence-corrected chi connectivity index (χ2v) is 8.36. The molecule has 172 valence electrons. The van der Waals surface area contributed by atoms with Crippen molar-refractivity contribution in [1.29, 1.82) is 0 Å². The van der Waals surface area contributed by atoms with Gasteiger partial charge in [0, 0.05) is 26.2 Å². The molecule has 0 aliphatic heterocycles. The van der Waals surface area contributed by atoms with E-state index in [0.717, 1.165) is 56.9 Å². The van der Waals surface area contributed by atoms with Gasteiger partial charge in [-0.15, -0.1) is 0 Å². The minimum Gasteiger partial charge on any atom is -0.381 e. The van der Waals surface area contributed by atoms with Gasteiger partial charge in [0.05, 0.1) is 17.9 Å². The van der Waals surface area contributed by atoms with Crippen molar-refractivity contribution in [2.24, 2.45) is 0 Å². The Morgan fingerprint density at radius 3 is 2.06 bits per heavy atom. The fraction of sp³-hybridized carbons (Fsp3) is 0.615. The maximum Gasteiger partial charge on any atom is 0.224 e. The van der Waals surface area contributed by atoms with Gasteiger partial charge < -0.3 is 14.8 Å². The molecule has 0 fully saturated rings. The van der Waals surface area contributed by atoms with Crippen molar-refractivity contribution in [2.45, 2.75) is 90.8 Å². The Morgan fingerprint density at radius 2 is 1.55 bits per heavy atom. The lowest BCUT2D eigenvalue weighted by Crippen LogP contribution is -2.25. The third-order valence-electron chi connectivity index (χ3n) is 6.24. The smallest absolute Gasteiger partial charge is 0.224 e. The Balaban J connectivity index is 2.25. The standard InChI is InChI=1S/C26H39NO4/c1-6-9-10-25(28)27-24-17-20-15-18(11-13-21(7-2)30-4)19(16-23(20)26(24)29)12-14-22(8-3)31-5/h15-17,21-22H,6-14H2,1-5H3,(H,27,28,29). The minimum absolute atomic E-state index is 0.0882. The monoisotopic (exact) mass is 429 g/mol. The van der Waals surface area contributed by atoms with Crippen molar-refractivity contribution in [1.82, 2.24) is 5.32 Å². The maximum absolute atomic E-state index is 13.0. The molecule has 1 N–H and O–H groups in total. The first-order valence-corrected chi connectivity index (χ1v) is 11.7. The lowest BCUT2D eigenvalue weighted by atomic mass is 9.92. The highest BCUT2D eigenvalue weighted by molar-refractivity contribution is 6.19. The molecule has 5 nitrogen and oxygen atoms in total. The molecular formula is C26H39NO4. The van der Waals surface area contributed by atoms with Gasteiger partial charge in [-0.3, -0.25) is 9.59 Å². The molecule has 1 aromatic rings. The van der Waals surface area contributed by atoms with E-state index in [2.05, 4.69) is 25.2 Å². The van der Waals surface area contributed by atoms with Gasteiger partial charge in [-0.2, -0.15) is 0 Å². The van der Waals surface area contributed by atoms with Gasteiger partial charge in [0.1, 0.15) is 0 Å². The number of methoxy groups -OCH3 is 2. The van der Waals surface area contributed by atoms with Crippen molar-refractivity contribution in [3.05, 3.63) is 40.1 Å². The Morgan fingerprint density at radius 1 is 0.968 bits per heavy atom. The highest BCUT2D eigenvalue weighted by Gasteiger charge is 2.26. The fourth-order valence-electron chi connectivity index (χ4n) is 4.11. The SMILES string of the molecule is CCCCC(=O)NC1=Cc2cc(CCC(CC)OC)c(CCC(CC)OC)cc2C1=O. The van der Waals surface area contributed by atoms with E-state index in [1.165, 1.54) is 11.1 Å². The number of allylic oxidation sites excluding steroid dienone is 1. The van der Waals surface area contributed by atoms with E-state index in [9.17, 15) is 9.59 Å². The molecule has 0 bridgehead atoms. The van der Waals surface area contributed by atoms with Crippen LogP contribution in [-0.4, -0.2) is 38.1 Å². The second kappa shape index (κ2) is 12.8. The summed E-state index contributed by atoms with van der Waals surface area (Å²) in [6, 6.07) is 4.16. The molecule has 1 aliphatic carbocycles. The number of amides is 1. The molecule has 1 aromatic carbocycles. The molecule has 0 spiro atoms. The first-order valence-electron chi connectivity index (χ1n) is 11.7. The molecule has 5 heteroatoms. The second-order valence-electron chi connectivity index (χ2n) is 8.36. The van der Waals surface area contributed by atoms with Crippen LogP contribution in [0.5, 0.6) is 0 Å². The normalized spacial score (nSPS) is 14.9. The molecule has 2 atom stereocenters. The number of carbonyl (C=O) groups is 2. The van der Waals surface area contributed by atoms with Crippen molar-refractivity contribution >= 4 is 17.8 Å². The molecule has 0 aromatic heterocycles. The van der Waals surface area contributed by atoms with E-state index in [-0.39, 0.29) is 23.9 Å². The van der Waals surface area contributed by atoms with Crippen molar-refractivity contribution < 1.29 is 19.1 Å². The average Bonchev–Trinajstić information content (AvgIpc) is 3.07. The molecular weight excluding hydrogens is 390 g/mol. The third-order valence-corrected chi connectivity index (χ3v) is 6.24. The average molecular weight is 430 g/mol. The molecule has 1 aliphatic rings.